The van der Waals surface area contributed by atoms with Gasteiger partial charge in [-0.3, -0.25) is 9.69 Å². The maximum absolute atomic E-state index is 12.6. The van der Waals surface area contributed by atoms with Gasteiger partial charge in [0.15, 0.2) is 17.3 Å². The van der Waals surface area contributed by atoms with E-state index in [0.717, 1.165) is 35.1 Å². The SMILES string of the molecule is COc1ccc(/C=C/C(=O)N2CCN(Cc3noc(Cc4c[nH]c5ccccc45)n3)CC2)cc1O. The molecule has 35 heavy (non-hydrogen) atoms. The Morgan fingerprint density at radius 2 is 2.03 bits per heavy atom. The van der Waals surface area contributed by atoms with Gasteiger partial charge in [-0.15, -0.1) is 0 Å². The number of aromatic amines is 1. The van der Waals surface area contributed by atoms with E-state index in [1.807, 2.05) is 29.3 Å². The van der Waals surface area contributed by atoms with Crippen molar-refractivity contribution in [3.8, 4) is 11.5 Å². The normalized spacial score (nSPS) is 14.7. The molecule has 2 aromatic carbocycles. The zero-order valence-corrected chi connectivity index (χ0v) is 19.5. The number of carbonyl (C=O) groups is 1. The summed E-state index contributed by atoms with van der Waals surface area (Å²) in [5, 5.41) is 15.2. The first-order valence-corrected chi connectivity index (χ1v) is 11.5. The summed E-state index contributed by atoms with van der Waals surface area (Å²) in [4.78, 5) is 24.5. The van der Waals surface area contributed by atoms with E-state index >= 15 is 0 Å². The van der Waals surface area contributed by atoms with Crippen LogP contribution in [-0.2, 0) is 17.8 Å². The van der Waals surface area contributed by atoms with Gasteiger partial charge in [-0.1, -0.05) is 29.4 Å². The predicted octanol–water partition coefficient (Wildman–Crippen LogP) is 3.21. The van der Waals surface area contributed by atoms with Crippen LogP contribution >= 0.6 is 0 Å². The van der Waals surface area contributed by atoms with E-state index in [9.17, 15) is 9.90 Å². The van der Waals surface area contributed by atoms with Crippen LogP contribution in [0.1, 0.15) is 22.8 Å². The number of nitrogens with zero attached hydrogens (tertiary/aromatic N) is 4. The summed E-state index contributed by atoms with van der Waals surface area (Å²) < 4.78 is 10.5. The van der Waals surface area contributed by atoms with Crippen molar-refractivity contribution in [1.29, 1.82) is 0 Å². The fourth-order valence-electron chi connectivity index (χ4n) is 4.28. The topological polar surface area (TPSA) is 108 Å². The standard InChI is InChI=1S/C26H27N5O4/c1-34-23-8-6-18(14-22(23)32)7-9-26(33)31-12-10-30(11-13-31)17-24-28-25(35-29-24)15-19-16-27-21-5-3-2-4-20(19)21/h2-9,14,16,27,32H,10-13,15,17H2,1H3/b9-7+. The molecular weight excluding hydrogens is 446 g/mol. The van der Waals surface area contributed by atoms with Crippen LogP contribution in [-0.4, -0.2) is 69.2 Å². The lowest BCUT2D eigenvalue weighted by Gasteiger charge is -2.33. The number of amides is 1. The highest BCUT2D eigenvalue weighted by Gasteiger charge is 2.21. The average Bonchev–Trinajstić information content (AvgIpc) is 3.50. The lowest BCUT2D eigenvalue weighted by molar-refractivity contribution is -0.127. The zero-order chi connectivity index (χ0) is 24.2. The molecule has 0 radical (unpaired) electrons. The van der Waals surface area contributed by atoms with Gasteiger partial charge >= 0.3 is 0 Å². The number of rotatable bonds is 7. The highest BCUT2D eigenvalue weighted by molar-refractivity contribution is 5.92. The highest BCUT2D eigenvalue weighted by atomic mass is 16.5. The molecule has 2 N–H and O–H groups in total. The Hall–Kier alpha value is -4.11. The van der Waals surface area contributed by atoms with E-state index in [2.05, 4.69) is 26.1 Å². The number of benzene rings is 2. The van der Waals surface area contributed by atoms with Crippen molar-refractivity contribution >= 4 is 22.9 Å². The number of nitrogens with one attached hydrogen (secondary N) is 1. The first-order valence-electron chi connectivity index (χ1n) is 11.5. The molecular formula is C26H27N5O4. The first-order chi connectivity index (χ1) is 17.1. The molecule has 0 atom stereocenters. The summed E-state index contributed by atoms with van der Waals surface area (Å²) in [6.07, 6.45) is 5.80. The summed E-state index contributed by atoms with van der Waals surface area (Å²) in [6, 6.07) is 13.2. The minimum Gasteiger partial charge on any atom is -0.504 e. The molecule has 2 aromatic heterocycles. The van der Waals surface area contributed by atoms with Crippen LogP contribution in [0.2, 0.25) is 0 Å². The number of H-pyrrole nitrogens is 1. The third-order valence-corrected chi connectivity index (χ3v) is 6.20. The molecule has 3 heterocycles. The molecule has 9 heteroatoms. The van der Waals surface area contributed by atoms with E-state index in [4.69, 9.17) is 9.26 Å². The second-order valence-corrected chi connectivity index (χ2v) is 8.51. The monoisotopic (exact) mass is 473 g/mol. The number of phenolic OH excluding ortho intramolecular Hbond substituents is 1. The van der Waals surface area contributed by atoms with Gasteiger partial charge < -0.3 is 24.3 Å². The Morgan fingerprint density at radius 1 is 1.20 bits per heavy atom. The van der Waals surface area contributed by atoms with Crippen molar-refractivity contribution in [1.82, 2.24) is 24.9 Å². The number of hydrogen-bond donors (Lipinski definition) is 2. The van der Waals surface area contributed by atoms with Gasteiger partial charge in [0, 0.05) is 49.4 Å². The maximum atomic E-state index is 12.6. The van der Waals surface area contributed by atoms with E-state index in [0.29, 0.717) is 43.5 Å². The molecule has 0 unspecified atom stereocenters. The third-order valence-electron chi connectivity index (χ3n) is 6.20. The van der Waals surface area contributed by atoms with Gasteiger partial charge in [0.25, 0.3) is 0 Å². The van der Waals surface area contributed by atoms with Gasteiger partial charge in [-0.25, -0.2) is 0 Å². The number of aromatic nitrogens is 3. The number of hydrogen-bond acceptors (Lipinski definition) is 7. The molecule has 0 aliphatic carbocycles. The predicted molar refractivity (Wildman–Crippen MR) is 131 cm³/mol. The molecule has 5 rings (SSSR count). The van der Waals surface area contributed by atoms with E-state index in [1.165, 1.54) is 13.2 Å². The molecule has 1 saturated heterocycles. The van der Waals surface area contributed by atoms with Gasteiger partial charge in [-0.2, -0.15) is 4.98 Å². The lowest BCUT2D eigenvalue weighted by atomic mass is 10.1. The van der Waals surface area contributed by atoms with Crippen LogP contribution < -0.4 is 4.74 Å². The van der Waals surface area contributed by atoms with Crippen LogP contribution in [0.25, 0.3) is 17.0 Å². The summed E-state index contributed by atoms with van der Waals surface area (Å²) in [7, 11) is 1.50. The van der Waals surface area contributed by atoms with Crippen molar-refractivity contribution < 1.29 is 19.2 Å². The molecule has 1 aliphatic heterocycles. The van der Waals surface area contributed by atoms with E-state index < -0.39 is 0 Å². The van der Waals surface area contributed by atoms with Crippen molar-refractivity contribution in [2.45, 2.75) is 13.0 Å². The Kier molecular flexibility index (Phi) is 6.49. The summed E-state index contributed by atoms with van der Waals surface area (Å²) in [6.45, 7) is 3.29. The van der Waals surface area contributed by atoms with Gasteiger partial charge in [-0.05, 0) is 35.4 Å². The Bertz CT molecular complexity index is 1350. The van der Waals surface area contributed by atoms with Crippen molar-refractivity contribution in [2.24, 2.45) is 0 Å². The summed E-state index contributed by atoms with van der Waals surface area (Å²) >= 11 is 0. The number of ether oxygens (including phenoxy) is 1. The van der Waals surface area contributed by atoms with Crippen LogP contribution in [0.4, 0.5) is 0 Å². The van der Waals surface area contributed by atoms with Crippen LogP contribution in [0.3, 0.4) is 0 Å². The molecule has 1 aliphatic rings. The van der Waals surface area contributed by atoms with Gasteiger partial charge in [0.1, 0.15) is 0 Å². The summed E-state index contributed by atoms with van der Waals surface area (Å²) in [5.41, 5.74) is 2.95. The van der Waals surface area contributed by atoms with Gasteiger partial charge in [0.05, 0.1) is 20.1 Å². The number of para-hydroxylation sites is 1. The van der Waals surface area contributed by atoms with Crippen molar-refractivity contribution in [2.75, 3.05) is 33.3 Å². The third kappa shape index (κ3) is 5.20. The highest BCUT2D eigenvalue weighted by Crippen LogP contribution is 2.26. The molecule has 4 aromatic rings. The lowest BCUT2D eigenvalue weighted by Crippen LogP contribution is -2.47. The van der Waals surface area contributed by atoms with Crippen molar-refractivity contribution in [3.63, 3.8) is 0 Å². The fourth-order valence-corrected chi connectivity index (χ4v) is 4.28. The van der Waals surface area contributed by atoms with Gasteiger partial charge in [0.2, 0.25) is 11.8 Å². The second kappa shape index (κ2) is 10.0. The number of phenols is 1. The number of aromatic hydroxyl groups is 1. The Morgan fingerprint density at radius 3 is 2.83 bits per heavy atom. The first kappa shape index (κ1) is 22.7. The number of fused-ring (bicyclic) bond motifs is 1. The van der Waals surface area contributed by atoms with E-state index in [-0.39, 0.29) is 11.7 Å². The molecule has 0 spiro atoms. The molecule has 180 valence electrons. The molecule has 0 saturated carbocycles. The van der Waals surface area contributed by atoms with E-state index in [1.54, 1.807) is 24.3 Å². The van der Waals surface area contributed by atoms with Crippen LogP contribution in [0, 0.1) is 0 Å². The maximum Gasteiger partial charge on any atom is 0.246 e. The minimum atomic E-state index is -0.0551. The number of carbonyl (C=O) groups excluding carboxylic acids is 1. The van der Waals surface area contributed by atoms with Crippen LogP contribution in [0.5, 0.6) is 11.5 Å². The molecule has 9 nitrogen and oxygen atoms in total. The molecule has 1 amide bonds. The fraction of sp³-hybridized carbons (Fsp3) is 0.269. The largest absolute Gasteiger partial charge is 0.504 e. The van der Waals surface area contributed by atoms with Crippen LogP contribution in [0.15, 0.2) is 59.3 Å². The quantitative estimate of drug-likeness (QED) is 0.397. The van der Waals surface area contributed by atoms with Crippen molar-refractivity contribution in [3.05, 3.63) is 77.6 Å². The molecule has 0 bridgehead atoms. The Labute approximate surface area is 202 Å². The zero-order valence-electron chi connectivity index (χ0n) is 19.5. The Balaban J connectivity index is 1.12. The average molecular weight is 474 g/mol. The number of methoxy groups -OCH3 is 1. The second-order valence-electron chi connectivity index (χ2n) is 8.51. The minimum absolute atomic E-state index is 0.0433. The number of piperazine rings is 1. The summed E-state index contributed by atoms with van der Waals surface area (Å²) in [5.74, 6) is 1.63. The smallest absolute Gasteiger partial charge is 0.246 e. The molecule has 1 fully saturated rings.